The molecule has 0 radical (unpaired) electrons. The van der Waals surface area contributed by atoms with Crippen molar-refractivity contribution in [2.45, 2.75) is 45.8 Å². The van der Waals surface area contributed by atoms with Gasteiger partial charge in [-0.2, -0.15) is 0 Å². The van der Waals surface area contributed by atoms with Crippen LogP contribution in [0.1, 0.15) is 48.0 Å². The van der Waals surface area contributed by atoms with Crippen molar-refractivity contribution in [2.75, 3.05) is 6.54 Å². The van der Waals surface area contributed by atoms with Crippen molar-refractivity contribution < 1.29 is 18.7 Å². The molecule has 1 amide bonds. The number of benzene rings is 2. The third-order valence-electron chi connectivity index (χ3n) is 5.42. The number of aromatic nitrogens is 2. The first-order valence-electron chi connectivity index (χ1n) is 11.0. The van der Waals surface area contributed by atoms with Crippen LogP contribution in [-0.4, -0.2) is 38.9 Å². The highest BCUT2D eigenvalue weighted by Crippen LogP contribution is 2.23. The van der Waals surface area contributed by atoms with Gasteiger partial charge in [0, 0.05) is 47.3 Å². The van der Waals surface area contributed by atoms with E-state index in [1.807, 2.05) is 20.8 Å². The summed E-state index contributed by atoms with van der Waals surface area (Å²) in [7, 11) is 0. The van der Waals surface area contributed by atoms with Crippen molar-refractivity contribution in [2.24, 2.45) is 0 Å². The van der Waals surface area contributed by atoms with E-state index in [1.165, 1.54) is 12.1 Å². The number of fused-ring (bicyclic) bond motifs is 1. The summed E-state index contributed by atoms with van der Waals surface area (Å²) in [5, 5.41) is 0.292. The smallest absolute Gasteiger partial charge is 0.410 e. The van der Waals surface area contributed by atoms with Crippen molar-refractivity contribution in [3.63, 3.8) is 0 Å². The number of Topliss-reactive ketones (excluding diaryl/α,β-unsaturated/α-hetero) is 1. The highest BCUT2D eigenvalue weighted by atomic mass is 35.5. The Labute approximate surface area is 202 Å². The molecule has 0 fully saturated rings. The first-order chi connectivity index (χ1) is 16.1. The first kappa shape index (κ1) is 23.8. The number of rotatable bonds is 4. The standard InChI is InChI=1S/C26H25ClFN3O3/c1-26(2,3)34-25(33)31-11-10-22-19(15-31)14-29-24(30-22)17-6-4-16(5-7-17)23(32)12-18-8-9-20(27)13-21(18)28/h4-9,13-14H,10-12,15H2,1-3H3. The van der Waals surface area contributed by atoms with Gasteiger partial charge in [0.2, 0.25) is 0 Å². The number of ether oxygens (including phenoxy) is 1. The minimum Gasteiger partial charge on any atom is -0.444 e. The van der Waals surface area contributed by atoms with Crippen molar-refractivity contribution in [3.8, 4) is 11.4 Å². The molecule has 2 heterocycles. The predicted molar refractivity (Wildman–Crippen MR) is 127 cm³/mol. The number of ketones is 1. The molecule has 1 aliphatic rings. The van der Waals surface area contributed by atoms with E-state index in [0.717, 1.165) is 16.8 Å². The molecule has 0 unspecified atom stereocenters. The Kier molecular flexibility index (Phi) is 6.66. The number of hydrogen-bond acceptors (Lipinski definition) is 5. The van der Waals surface area contributed by atoms with Gasteiger partial charge in [0.1, 0.15) is 11.4 Å². The molecular formula is C26H25ClFN3O3. The Morgan fingerprint density at radius 2 is 1.88 bits per heavy atom. The van der Waals surface area contributed by atoms with Gasteiger partial charge in [0.25, 0.3) is 0 Å². The molecule has 0 atom stereocenters. The topological polar surface area (TPSA) is 72.4 Å². The van der Waals surface area contributed by atoms with Gasteiger partial charge in [-0.15, -0.1) is 0 Å². The Hall–Kier alpha value is -3.32. The van der Waals surface area contributed by atoms with Crippen molar-refractivity contribution in [1.29, 1.82) is 0 Å². The van der Waals surface area contributed by atoms with Gasteiger partial charge in [0.15, 0.2) is 11.6 Å². The largest absolute Gasteiger partial charge is 0.444 e. The van der Waals surface area contributed by atoms with E-state index in [9.17, 15) is 14.0 Å². The lowest BCUT2D eigenvalue weighted by atomic mass is 10.0. The Morgan fingerprint density at radius 1 is 1.15 bits per heavy atom. The van der Waals surface area contributed by atoms with E-state index in [-0.39, 0.29) is 18.3 Å². The number of amides is 1. The highest BCUT2D eigenvalue weighted by Gasteiger charge is 2.26. The van der Waals surface area contributed by atoms with Gasteiger partial charge in [-0.25, -0.2) is 19.2 Å². The second-order valence-electron chi connectivity index (χ2n) is 9.23. The maximum absolute atomic E-state index is 14.0. The molecule has 3 aromatic rings. The molecule has 1 aromatic heterocycles. The molecule has 8 heteroatoms. The quantitative estimate of drug-likeness (QED) is 0.450. The molecule has 6 nitrogen and oxygen atoms in total. The Bertz CT molecular complexity index is 1240. The zero-order valence-corrected chi connectivity index (χ0v) is 20.0. The summed E-state index contributed by atoms with van der Waals surface area (Å²) in [6.07, 6.45) is 1.94. The lowest BCUT2D eigenvalue weighted by Crippen LogP contribution is -2.40. The molecule has 34 heavy (non-hydrogen) atoms. The van der Waals surface area contributed by atoms with Crippen LogP contribution < -0.4 is 0 Å². The van der Waals surface area contributed by atoms with Crippen molar-refractivity contribution in [1.82, 2.24) is 14.9 Å². The molecule has 0 spiro atoms. The maximum Gasteiger partial charge on any atom is 0.410 e. The van der Waals surface area contributed by atoms with Crippen LogP contribution >= 0.6 is 11.6 Å². The third kappa shape index (κ3) is 5.59. The van der Waals surface area contributed by atoms with E-state index < -0.39 is 11.4 Å². The lowest BCUT2D eigenvalue weighted by Gasteiger charge is -2.30. The fourth-order valence-corrected chi connectivity index (χ4v) is 3.84. The van der Waals surface area contributed by atoms with Gasteiger partial charge in [-0.05, 0) is 38.5 Å². The minimum absolute atomic E-state index is 0.0498. The second kappa shape index (κ2) is 9.50. The van der Waals surface area contributed by atoms with Gasteiger partial charge in [0.05, 0.1) is 12.2 Å². The fourth-order valence-electron chi connectivity index (χ4n) is 3.68. The second-order valence-corrected chi connectivity index (χ2v) is 9.67. The number of halogens is 2. The summed E-state index contributed by atoms with van der Waals surface area (Å²) in [5.41, 5.74) is 2.78. The summed E-state index contributed by atoms with van der Waals surface area (Å²) in [6.45, 7) is 6.44. The SMILES string of the molecule is CC(C)(C)OC(=O)N1CCc2nc(-c3ccc(C(=O)Cc4ccc(Cl)cc4F)cc3)ncc2C1. The highest BCUT2D eigenvalue weighted by molar-refractivity contribution is 6.30. The Morgan fingerprint density at radius 3 is 2.56 bits per heavy atom. The molecule has 0 aliphatic carbocycles. The normalized spacial score (nSPS) is 13.4. The van der Waals surface area contributed by atoms with Crippen LogP contribution in [0.2, 0.25) is 5.02 Å². The average Bonchev–Trinajstić information content (AvgIpc) is 2.79. The average molecular weight is 482 g/mol. The van der Waals surface area contributed by atoms with E-state index >= 15 is 0 Å². The summed E-state index contributed by atoms with van der Waals surface area (Å²) < 4.78 is 19.5. The molecule has 176 valence electrons. The summed E-state index contributed by atoms with van der Waals surface area (Å²) in [4.78, 5) is 35.7. The van der Waals surface area contributed by atoms with Crippen LogP contribution in [0.3, 0.4) is 0 Å². The monoisotopic (exact) mass is 481 g/mol. The van der Waals surface area contributed by atoms with E-state index in [2.05, 4.69) is 9.97 Å². The number of carbonyl (C=O) groups is 2. The first-order valence-corrected chi connectivity index (χ1v) is 11.4. The molecule has 1 aliphatic heterocycles. The lowest BCUT2D eigenvalue weighted by molar-refractivity contribution is 0.0222. The van der Waals surface area contributed by atoms with Crippen molar-refractivity contribution in [3.05, 3.63) is 81.9 Å². The molecule has 2 aromatic carbocycles. The molecule has 0 saturated heterocycles. The van der Waals surface area contributed by atoms with Gasteiger partial charge in [-0.3, -0.25) is 4.79 Å². The fraction of sp³-hybridized carbons (Fsp3) is 0.308. The van der Waals surface area contributed by atoms with E-state index in [1.54, 1.807) is 41.4 Å². The van der Waals surface area contributed by atoms with Gasteiger partial charge in [-0.1, -0.05) is 41.9 Å². The maximum atomic E-state index is 14.0. The van der Waals surface area contributed by atoms with Crippen LogP contribution in [0.5, 0.6) is 0 Å². The molecule has 4 rings (SSSR count). The van der Waals surface area contributed by atoms with Crippen LogP contribution in [0.15, 0.2) is 48.7 Å². The zero-order chi connectivity index (χ0) is 24.5. The molecular weight excluding hydrogens is 457 g/mol. The van der Waals surface area contributed by atoms with Gasteiger partial charge >= 0.3 is 6.09 Å². The minimum atomic E-state index is -0.547. The van der Waals surface area contributed by atoms with Crippen molar-refractivity contribution >= 4 is 23.5 Å². The van der Waals surface area contributed by atoms with Crippen LogP contribution in [-0.2, 0) is 24.1 Å². The van der Waals surface area contributed by atoms with Crippen LogP contribution in [0.25, 0.3) is 11.4 Å². The molecule has 0 N–H and O–H groups in total. The summed E-state index contributed by atoms with van der Waals surface area (Å²) in [5.74, 6) is -0.140. The van der Waals surface area contributed by atoms with Gasteiger partial charge < -0.3 is 9.64 Å². The van der Waals surface area contributed by atoms with Crippen LogP contribution in [0.4, 0.5) is 9.18 Å². The summed E-state index contributed by atoms with van der Waals surface area (Å²) in [6, 6.07) is 11.2. The molecule has 0 bridgehead atoms. The van der Waals surface area contributed by atoms with E-state index in [4.69, 9.17) is 16.3 Å². The number of hydrogen-bond donors (Lipinski definition) is 0. The number of carbonyl (C=O) groups excluding carboxylic acids is 2. The molecule has 0 saturated carbocycles. The third-order valence-corrected chi connectivity index (χ3v) is 5.65. The van der Waals surface area contributed by atoms with E-state index in [0.29, 0.717) is 41.5 Å². The predicted octanol–water partition coefficient (Wildman–Crippen LogP) is 5.65. The van der Waals surface area contributed by atoms with Crippen LogP contribution in [0, 0.1) is 5.82 Å². The summed E-state index contributed by atoms with van der Waals surface area (Å²) >= 11 is 5.77. The zero-order valence-electron chi connectivity index (χ0n) is 19.3. The number of nitrogens with zero attached hydrogens (tertiary/aromatic N) is 3. The Balaban J connectivity index is 1.44.